The summed E-state index contributed by atoms with van der Waals surface area (Å²) in [6, 6.07) is 3.72. The summed E-state index contributed by atoms with van der Waals surface area (Å²) in [5.74, 6) is -0.856. The molecule has 0 unspecified atom stereocenters. The molecule has 0 aromatic carbocycles. The van der Waals surface area contributed by atoms with Crippen LogP contribution in [-0.4, -0.2) is 52.7 Å². The molecule has 1 atom stereocenters. The number of hydrogen-bond donors (Lipinski definition) is 1. The number of aliphatic carboxylic acids is 1. The molecule has 7 nitrogen and oxygen atoms in total. The number of carbonyl (C=O) groups is 2. The van der Waals surface area contributed by atoms with Crippen molar-refractivity contribution in [2.75, 3.05) is 19.7 Å². The Labute approximate surface area is 142 Å². The second-order valence-electron chi connectivity index (χ2n) is 5.54. The molecule has 24 heavy (non-hydrogen) atoms. The summed E-state index contributed by atoms with van der Waals surface area (Å²) < 4.78 is 11.0. The van der Waals surface area contributed by atoms with Crippen molar-refractivity contribution in [1.29, 1.82) is 0 Å². The highest BCUT2D eigenvalue weighted by atomic mass is 32.1. The molecule has 0 bridgehead atoms. The van der Waals surface area contributed by atoms with Crippen LogP contribution in [0.1, 0.15) is 29.8 Å². The first-order chi connectivity index (χ1) is 11.6. The topological polar surface area (TPSA) is 92.9 Å². The third-order valence-corrected chi connectivity index (χ3v) is 4.71. The van der Waals surface area contributed by atoms with Crippen molar-refractivity contribution in [2.45, 2.75) is 25.4 Å². The zero-order valence-corrected chi connectivity index (χ0v) is 13.8. The minimum absolute atomic E-state index is 0.0557. The summed E-state index contributed by atoms with van der Waals surface area (Å²) in [7, 11) is 0. The van der Waals surface area contributed by atoms with Crippen molar-refractivity contribution >= 4 is 23.2 Å². The fraction of sp³-hybridized carbons (Fsp3) is 0.438. The van der Waals surface area contributed by atoms with Gasteiger partial charge in [-0.2, -0.15) is 0 Å². The van der Waals surface area contributed by atoms with Crippen molar-refractivity contribution in [3.63, 3.8) is 0 Å². The van der Waals surface area contributed by atoms with E-state index in [-0.39, 0.29) is 30.7 Å². The molecule has 0 aliphatic carbocycles. The Kier molecular flexibility index (Phi) is 5.27. The van der Waals surface area contributed by atoms with Gasteiger partial charge in [0.1, 0.15) is 0 Å². The van der Waals surface area contributed by atoms with Gasteiger partial charge in [-0.15, -0.1) is 11.3 Å². The normalized spacial score (nSPS) is 17.1. The summed E-state index contributed by atoms with van der Waals surface area (Å²) in [6.45, 7) is 1.16. The zero-order chi connectivity index (χ0) is 16.9. The lowest BCUT2D eigenvalue weighted by Gasteiger charge is -2.24. The van der Waals surface area contributed by atoms with Gasteiger partial charge in [-0.05, 0) is 24.3 Å². The van der Waals surface area contributed by atoms with E-state index in [0.717, 1.165) is 17.7 Å². The molecule has 1 saturated heterocycles. The van der Waals surface area contributed by atoms with Gasteiger partial charge in [0.2, 0.25) is 0 Å². The van der Waals surface area contributed by atoms with E-state index >= 15 is 0 Å². The van der Waals surface area contributed by atoms with Crippen molar-refractivity contribution in [3.05, 3.63) is 29.6 Å². The molecular formula is C16H18N2O5S. The van der Waals surface area contributed by atoms with Gasteiger partial charge in [0.25, 0.3) is 5.91 Å². The van der Waals surface area contributed by atoms with Gasteiger partial charge in [0.15, 0.2) is 17.8 Å². The number of aromatic nitrogens is 1. The van der Waals surface area contributed by atoms with Crippen LogP contribution in [0, 0.1) is 0 Å². The average molecular weight is 350 g/mol. The largest absolute Gasteiger partial charge is 0.481 e. The molecule has 2 aromatic heterocycles. The minimum Gasteiger partial charge on any atom is -0.481 e. The molecular weight excluding hydrogens is 332 g/mol. The number of hydrogen-bond acceptors (Lipinski definition) is 6. The first-order valence-electron chi connectivity index (χ1n) is 7.75. The van der Waals surface area contributed by atoms with Gasteiger partial charge >= 0.3 is 5.97 Å². The SMILES string of the molecule is O=C(O)CCN(C[C@H]1CCCO1)C(=O)c1ncoc1-c1cccs1. The van der Waals surface area contributed by atoms with Crippen LogP contribution in [0.15, 0.2) is 28.3 Å². The van der Waals surface area contributed by atoms with Crippen LogP contribution in [0.25, 0.3) is 10.6 Å². The number of nitrogens with zero attached hydrogens (tertiary/aromatic N) is 2. The number of carboxylic acid groups (broad SMARTS) is 1. The third kappa shape index (κ3) is 3.82. The van der Waals surface area contributed by atoms with Gasteiger partial charge in [0, 0.05) is 19.7 Å². The molecule has 1 amide bonds. The lowest BCUT2D eigenvalue weighted by molar-refractivity contribution is -0.137. The van der Waals surface area contributed by atoms with Gasteiger partial charge in [-0.25, -0.2) is 4.98 Å². The quantitative estimate of drug-likeness (QED) is 0.825. The molecule has 128 valence electrons. The van der Waals surface area contributed by atoms with E-state index in [1.807, 2.05) is 17.5 Å². The molecule has 0 saturated carbocycles. The number of ether oxygens (including phenoxy) is 1. The molecule has 3 rings (SSSR count). The Hall–Kier alpha value is -2.19. The fourth-order valence-corrected chi connectivity index (χ4v) is 3.38. The van der Waals surface area contributed by atoms with E-state index in [0.29, 0.717) is 18.9 Å². The Morgan fingerprint density at radius 1 is 1.46 bits per heavy atom. The molecule has 1 N–H and O–H groups in total. The molecule has 1 aliphatic rings. The van der Waals surface area contributed by atoms with E-state index in [2.05, 4.69) is 4.98 Å². The van der Waals surface area contributed by atoms with Gasteiger partial charge in [0.05, 0.1) is 17.4 Å². The first-order valence-corrected chi connectivity index (χ1v) is 8.63. The summed E-state index contributed by atoms with van der Waals surface area (Å²) in [5, 5.41) is 10.8. The average Bonchev–Trinajstić information content (AvgIpc) is 3.32. The predicted molar refractivity (Wildman–Crippen MR) is 86.9 cm³/mol. The van der Waals surface area contributed by atoms with Crippen molar-refractivity contribution in [3.8, 4) is 10.6 Å². The van der Waals surface area contributed by atoms with E-state index < -0.39 is 5.97 Å². The van der Waals surface area contributed by atoms with Crippen molar-refractivity contribution in [1.82, 2.24) is 9.88 Å². The molecule has 8 heteroatoms. The first kappa shape index (κ1) is 16.7. The summed E-state index contributed by atoms with van der Waals surface area (Å²) in [4.78, 5) is 30.1. The van der Waals surface area contributed by atoms with Crippen LogP contribution in [0.4, 0.5) is 0 Å². The smallest absolute Gasteiger partial charge is 0.305 e. The predicted octanol–water partition coefficient (Wildman–Crippen LogP) is 2.50. The molecule has 0 radical (unpaired) electrons. The van der Waals surface area contributed by atoms with E-state index in [4.69, 9.17) is 14.3 Å². The van der Waals surface area contributed by atoms with Gasteiger partial charge in [-0.1, -0.05) is 6.07 Å². The second-order valence-corrected chi connectivity index (χ2v) is 6.49. The minimum atomic E-state index is -0.946. The van der Waals surface area contributed by atoms with Crippen LogP contribution < -0.4 is 0 Å². The summed E-state index contributed by atoms with van der Waals surface area (Å²) in [6.07, 6.45) is 2.89. The number of carboxylic acids is 1. The van der Waals surface area contributed by atoms with E-state index in [9.17, 15) is 9.59 Å². The summed E-state index contributed by atoms with van der Waals surface area (Å²) in [5.41, 5.74) is 0.209. The van der Waals surface area contributed by atoms with Crippen LogP contribution in [-0.2, 0) is 9.53 Å². The van der Waals surface area contributed by atoms with Crippen LogP contribution in [0.3, 0.4) is 0 Å². The second kappa shape index (κ2) is 7.59. The number of carbonyl (C=O) groups excluding carboxylic acids is 1. The Bertz CT molecular complexity index is 691. The lowest BCUT2D eigenvalue weighted by Crippen LogP contribution is -2.39. The van der Waals surface area contributed by atoms with Crippen LogP contribution in [0.5, 0.6) is 0 Å². The van der Waals surface area contributed by atoms with Gasteiger partial charge < -0.3 is 19.2 Å². The maximum absolute atomic E-state index is 12.9. The summed E-state index contributed by atoms with van der Waals surface area (Å²) >= 11 is 1.45. The standard InChI is InChI=1S/C16H18N2O5S/c19-13(20)5-6-18(9-11-3-1-7-22-11)16(21)14-15(23-10-17-14)12-4-2-8-24-12/h2,4,8,10-11H,1,3,5-7,9H2,(H,19,20)/t11-/m1/s1. The number of amides is 1. The monoisotopic (exact) mass is 350 g/mol. The van der Waals surface area contributed by atoms with E-state index in [1.165, 1.54) is 22.6 Å². The highest BCUT2D eigenvalue weighted by molar-refractivity contribution is 7.13. The Morgan fingerprint density at radius 2 is 2.33 bits per heavy atom. The van der Waals surface area contributed by atoms with Crippen molar-refractivity contribution in [2.24, 2.45) is 0 Å². The zero-order valence-electron chi connectivity index (χ0n) is 13.0. The molecule has 0 spiro atoms. The third-order valence-electron chi connectivity index (χ3n) is 3.85. The van der Waals surface area contributed by atoms with Crippen molar-refractivity contribution < 1.29 is 23.8 Å². The number of thiophene rings is 1. The fourth-order valence-electron chi connectivity index (χ4n) is 2.67. The Morgan fingerprint density at radius 3 is 3.00 bits per heavy atom. The lowest BCUT2D eigenvalue weighted by atomic mass is 10.2. The molecule has 2 aromatic rings. The number of rotatable bonds is 7. The molecule has 1 fully saturated rings. The van der Waals surface area contributed by atoms with Crippen LogP contribution in [0.2, 0.25) is 0 Å². The van der Waals surface area contributed by atoms with E-state index in [1.54, 1.807) is 0 Å². The highest BCUT2D eigenvalue weighted by Crippen LogP contribution is 2.28. The van der Waals surface area contributed by atoms with Gasteiger partial charge in [-0.3, -0.25) is 9.59 Å². The highest BCUT2D eigenvalue weighted by Gasteiger charge is 2.28. The number of oxazole rings is 1. The molecule has 1 aliphatic heterocycles. The maximum atomic E-state index is 12.9. The molecule has 3 heterocycles. The van der Waals surface area contributed by atoms with Crippen LogP contribution >= 0.6 is 11.3 Å². The Balaban J connectivity index is 1.79. The maximum Gasteiger partial charge on any atom is 0.305 e.